The van der Waals surface area contributed by atoms with Crippen LogP contribution >= 0.6 is 0 Å². The monoisotopic (exact) mass is 558 g/mol. The molecule has 0 saturated heterocycles. The summed E-state index contributed by atoms with van der Waals surface area (Å²) in [6.07, 6.45) is 19.0. The molecule has 0 unspecified atom stereocenters. The molecule has 0 atom stereocenters. The van der Waals surface area contributed by atoms with Gasteiger partial charge in [-0.3, -0.25) is 0 Å². The minimum Gasteiger partial charge on any atom is -0.194 e. The van der Waals surface area contributed by atoms with Crippen molar-refractivity contribution in [3.05, 3.63) is 70.8 Å². The van der Waals surface area contributed by atoms with E-state index in [4.69, 9.17) is 0 Å². The molecule has 40 heavy (non-hydrogen) atoms. The van der Waals surface area contributed by atoms with Crippen molar-refractivity contribution in [3.63, 3.8) is 0 Å². The van der Waals surface area contributed by atoms with Gasteiger partial charge < -0.3 is 0 Å². The molecular formula is C36H50F4. The van der Waals surface area contributed by atoms with Crippen LogP contribution in [-0.4, -0.2) is 0 Å². The van der Waals surface area contributed by atoms with Gasteiger partial charge in [0.15, 0.2) is 0 Å². The maximum Gasteiger partial charge on any atom is 0.339 e. The molecule has 0 aliphatic heterocycles. The van der Waals surface area contributed by atoms with Gasteiger partial charge in [-0.05, 0) is 86.2 Å². The molecule has 2 aromatic carbocycles. The normalized spacial score (nSPS) is 24.2. The largest absolute Gasteiger partial charge is 0.339 e. The second-order valence-corrected chi connectivity index (χ2v) is 12.8. The summed E-state index contributed by atoms with van der Waals surface area (Å²) in [5.74, 6) is -6.35. The van der Waals surface area contributed by atoms with Gasteiger partial charge in [0.2, 0.25) is 0 Å². The van der Waals surface area contributed by atoms with Crippen molar-refractivity contribution in [2.24, 2.45) is 11.8 Å². The summed E-state index contributed by atoms with van der Waals surface area (Å²) >= 11 is 0. The van der Waals surface area contributed by atoms with E-state index >= 15 is 17.6 Å². The molecule has 0 bridgehead atoms. The molecule has 2 fully saturated rings. The van der Waals surface area contributed by atoms with E-state index in [1.807, 2.05) is 0 Å². The molecule has 222 valence electrons. The van der Waals surface area contributed by atoms with Crippen LogP contribution in [0.4, 0.5) is 17.6 Å². The quantitative estimate of drug-likeness (QED) is 0.169. The zero-order chi connectivity index (χ0) is 28.6. The first-order valence-corrected chi connectivity index (χ1v) is 16.2. The van der Waals surface area contributed by atoms with Gasteiger partial charge in [0, 0.05) is 11.1 Å². The van der Waals surface area contributed by atoms with Gasteiger partial charge in [-0.2, -0.15) is 17.6 Å². The standard InChI is InChI=1S/C36H50F4/c1-3-5-7-9-27-11-15-29(16-12-27)31-19-23-33(24-20-31)35(37,38)36(39,40)34-25-21-32(22-26-34)30-17-13-28(14-18-30)10-8-6-4-2/h19-30H,3-18H2,1-2H3. The summed E-state index contributed by atoms with van der Waals surface area (Å²) in [6, 6.07) is 11.5. The molecule has 0 N–H and O–H groups in total. The van der Waals surface area contributed by atoms with Gasteiger partial charge in [0.1, 0.15) is 0 Å². The van der Waals surface area contributed by atoms with Crippen LogP contribution in [0.25, 0.3) is 0 Å². The minimum atomic E-state index is -4.28. The van der Waals surface area contributed by atoms with Crippen LogP contribution in [0.15, 0.2) is 48.5 Å². The number of unbranched alkanes of at least 4 members (excludes halogenated alkanes) is 4. The summed E-state index contributed by atoms with van der Waals surface area (Å²) in [4.78, 5) is 0. The van der Waals surface area contributed by atoms with E-state index in [1.54, 1.807) is 24.3 Å². The predicted octanol–water partition coefficient (Wildman–Crippen LogP) is 12.3. The molecule has 0 radical (unpaired) electrons. The lowest BCUT2D eigenvalue weighted by atomic mass is 9.76. The van der Waals surface area contributed by atoms with E-state index in [9.17, 15) is 0 Å². The summed E-state index contributed by atoms with van der Waals surface area (Å²) in [5, 5.41) is 0. The zero-order valence-electron chi connectivity index (χ0n) is 24.8. The van der Waals surface area contributed by atoms with Crippen molar-refractivity contribution in [3.8, 4) is 0 Å². The number of rotatable bonds is 13. The van der Waals surface area contributed by atoms with Gasteiger partial charge in [-0.25, -0.2) is 0 Å². The lowest BCUT2D eigenvalue weighted by Gasteiger charge is -2.31. The van der Waals surface area contributed by atoms with Crippen molar-refractivity contribution in [2.45, 2.75) is 140 Å². The lowest BCUT2D eigenvalue weighted by Crippen LogP contribution is -2.35. The average molecular weight is 559 g/mol. The van der Waals surface area contributed by atoms with Crippen LogP contribution in [0, 0.1) is 11.8 Å². The maximum absolute atomic E-state index is 15.3. The fourth-order valence-corrected chi connectivity index (χ4v) is 7.23. The highest BCUT2D eigenvalue weighted by molar-refractivity contribution is 5.35. The van der Waals surface area contributed by atoms with Gasteiger partial charge in [0.05, 0.1) is 0 Å². The van der Waals surface area contributed by atoms with E-state index < -0.39 is 23.0 Å². The SMILES string of the molecule is CCCCCC1CCC(c2ccc(C(F)(F)C(F)(F)c3ccc(C4CCC(CCCCC)CC4)cc3)cc2)CC1. The smallest absolute Gasteiger partial charge is 0.194 e. The van der Waals surface area contributed by atoms with Gasteiger partial charge in [0.25, 0.3) is 0 Å². The Morgan fingerprint density at radius 2 is 0.825 bits per heavy atom. The Morgan fingerprint density at radius 1 is 0.500 bits per heavy atom. The fraction of sp³-hybridized carbons (Fsp3) is 0.667. The molecule has 4 heteroatoms. The van der Waals surface area contributed by atoms with Crippen molar-refractivity contribution < 1.29 is 17.6 Å². The molecule has 4 rings (SSSR count). The molecule has 2 saturated carbocycles. The molecule has 0 aromatic heterocycles. The van der Waals surface area contributed by atoms with Crippen LogP contribution in [0.3, 0.4) is 0 Å². The van der Waals surface area contributed by atoms with E-state index in [2.05, 4.69) is 13.8 Å². The van der Waals surface area contributed by atoms with E-state index in [0.717, 1.165) is 48.6 Å². The number of hydrogen-bond donors (Lipinski definition) is 0. The second-order valence-electron chi connectivity index (χ2n) is 12.8. The second kappa shape index (κ2) is 14.4. The zero-order valence-corrected chi connectivity index (χ0v) is 24.8. The summed E-state index contributed by atoms with van der Waals surface area (Å²) in [6.45, 7) is 4.44. The summed E-state index contributed by atoms with van der Waals surface area (Å²) in [7, 11) is 0. The van der Waals surface area contributed by atoms with Crippen molar-refractivity contribution in [2.75, 3.05) is 0 Å². The Balaban J connectivity index is 1.34. The van der Waals surface area contributed by atoms with Crippen molar-refractivity contribution in [1.82, 2.24) is 0 Å². The van der Waals surface area contributed by atoms with Gasteiger partial charge in [-0.15, -0.1) is 0 Å². The predicted molar refractivity (Wildman–Crippen MR) is 158 cm³/mol. The fourth-order valence-electron chi connectivity index (χ4n) is 7.23. The van der Waals surface area contributed by atoms with Gasteiger partial charge >= 0.3 is 11.8 Å². The molecule has 0 nitrogen and oxygen atoms in total. The molecule has 2 aliphatic carbocycles. The lowest BCUT2D eigenvalue weighted by molar-refractivity contribution is -0.223. The van der Waals surface area contributed by atoms with Crippen molar-refractivity contribution in [1.29, 1.82) is 0 Å². The Hall–Kier alpha value is -1.84. The first-order chi connectivity index (χ1) is 19.3. The van der Waals surface area contributed by atoms with Gasteiger partial charge in [-0.1, -0.05) is 114 Å². The third-order valence-corrected chi connectivity index (χ3v) is 10.0. The maximum atomic E-state index is 15.3. The molecule has 2 aromatic rings. The first kappa shape index (κ1) is 31.1. The first-order valence-electron chi connectivity index (χ1n) is 16.2. The number of benzene rings is 2. The van der Waals surface area contributed by atoms with Crippen LogP contribution in [0.5, 0.6) is 0 Å². The van der Waals surface area contributed by atoms with E-state index in [1.165, 1.54) is 101 Å². The molecule has 2 aliphatic rings. The van der Waals surface area contributed by atoms with E-state index in [0.29, 0.717) is 11.8 Å². The van der Waals surface area contributed by atoms with Crippen LogP contribution in [0.2, 0.25) is 0 Å². The average Bonchev–Trinajstić information content (AvgIpc) is 2.98. The third-order valence-electron chi connectivity index (χ3n) is 10.0. The van der Waals surface area contributed by atoms with E-state index in [-0.39, 0.29) is 0 Å². The number of alkyl halides is 4. The molecule has 0 heterocycles. The Morgan fingerprint density at radius 3 is 1.12 bits per heavy atom. The van der Waals surface area contributed by atoms with Crippen molar-refractivity contribution >= 4 is 0 Å². The topological polar surface area (TPSA) is 0 Å². The highest BCUT2D eigenvalue weighted by Crippen LogP contribution is 2.50. The Bertz CT molecular complexity index is 911. The molecular weight excluding hydrogens is 508 g/mol. The minimum absolute atomic E-state index is 0.338. The Kier molecular flexibility index (Phi) is 11.2. The number of halogens is 4. The van der Waals surface area contributed by atoms with Crippen LogP contribution in [-0.2, 0) is 11.8 Å². The van der Waals surface area contributed by atoms with Crippen LogP contribution < -0.4 is 0 Å². The Labute approximate surface area is 240 Å². The highest BCUT2D eigenvalue weighted by atomic mass is 19.3. The number of hydrogen-bond acceptors (Lipinski definition) is 0. The summed E-state index contributed by atoms with van der Waals surface area (Å²) < 4.78 is 61.1. The highest BCUT2D eigenvalue weighted by Gasteiger charge is 2.58. The molecule has 0 amide bonds. The molecule has 0 spiro atoms. The van der Waals surface area contributed by atoms with Crippen LogP contribution in [0.1, 0.15) is 151 Å². The summed E-state index contributed by atoms with van der Waals surface area (Å²) in [5.41, 5.74) is 0.776. The third kappa shape index (κ3) is 7.51.